The van der Waals surface area contributed by atoms with Crippen LogP contribution in [0.2, 0.25) is 0 Å². The minimum absolute atomic E-state index is 0.0629. The fourth-order valence-corrected chi connectivity index (χ4v) is 4.50. The van der Waals surface area contributed by atoms with Gasteiger partial charge in [0.2, 0.25) is 5.91 Å². The van der Waals surface area contributed by atoms with Crippen molar-refractivity contribution < 1.29 is 29.2 Å². The molecule has 1 unspecified atom stereocenters. The molecule has 3 rings (SSSR count). The first-order chi connectivity index (χ1) is 15.1. The van der Waals surface area contributed by atoms with Gasteiger partial charge in [-0.1, -0.05) is 18.3 Å². The van der Waals surface area contributed by atoms with Gasteiger partial charge < -0.3 is 15.2 Å². The summed E-state index contributed by atoms with van der Waals surface area (Å²) in [4.78, 5) is 49.0. The average molecular weight is 459 g/mol. The second-order valence-electron chi connectivity index (χ2n) is 7.23. The van der Waals surface area contributed by atoms with Crippen molar-refractivity contribution in [1.82, 2.24) is 10.2 Å². The fourth-order valence-electron chi connectivity index (χ4n) is 3.49. The molecule has 0 aliphatic carbocycles. The molecule has 0 bridgehead atoms. The number of hydrogen-bond donors (Lipinski definition) is 2. The minimum Gasteiger partial charge on any atom is -0.456 e. The molecule has 1 atom stereocenters. The van der Waals surface area contributed by atoms with Crippen LogP contribution in [0.5, 0.6) is 0 Å². The number of esters is 1. The maximum absolute atomic E-state index is 12.9. The minimum atomic E-state index is -0.738. The monoisotopic (exact) mass is 459 g/mol. The van der Waals surface area contributed by atoms with Crippen LogP contribution in [-0.4, -0.2) is 45.4 Å². The van der Waals surface area contributed by atoms with Crippen LogP contribution in [0.3, 0.4) is 0 Å². The quantitative estimate of drug-likeness (QED) is 0.198. The molecule has 10 nitrogen and oxygen atoms in total. The molecule has 0 radical (unpaired) electrons. The number of nitro groups is 1. The number of nitro benzene ring substituents is 1. The topological polar surface area (TPSA) is 139 Å². The lowest BCUT2D eigenvalue weighted by molar-refractivity contribution is -0.384. The summed E-state index contributed by atoms with van der Waals surface area (Å²) in [6.45, 7) is 6.33. The summed E-state index contributed by atoms with van der Waals surface area (Å²) >= 11 is 1.07. The Bertz CT molecular complexity index is 1080. The second kappa shape index (κ2) is 9.37. The summed E-state index contributed by atoms with van der Waals surface area (Å²) in [5.74, 6) is -1.44. The predicted octanol–water partition coefficient (Wildman–Crippen LogP) is 2.11. The van der Waals surface area contributed by atoms with Gasteiger partial charge in [-0.05, 0) is 30.2 Å². The maximum atomic E-state index is 12.9. The number of β-lactam (4-membered cyclic amide) rings is 1. The highest BCUT2D eigenvalue weighted by molar-refractivity contribution is 8.06. The van der Waals surface area contributed by atoms with Gasteiger partial charge in [0.1, 0.15) is 12.3 Å². The van der Waals surface area contributed by atoms with E-state index < -0.39 is 16.9 Å². The molecule has 32 heavy (non-hydrogen) atoms. The highest BCUT2D eigenvalue weighted by Gasteiger charge is 2.52. The zero-order valence-electron chi connectivity index (χ0n) is 17.4. The largest absolute Gasteiger partial charge is 0.456 e. The van der Waals surface area contributed by atoms with E-state index in [1.807, 2.05) is 0 Å². The first-order valence-corrected chi connectivity index (χ1v) is 10.4. The molecule has 2 aliphatic rings. The van der Waals surface area contributed by atoms with Crippen molar-refractivity contribution >= 4 is 35.2 Å². The normalized spacial score (nSPS) is 18.7. The summed E-state index contributed by atoms with van der Waals surface area (Å²) in [6.07, 6.45) is 0.323. The highest BCUT2D eigenvalue weighted by Crippen LogP contribution is 2.48. The third-order valence-electron chi connectivity index (χ3n) is 4.95. The van der Waals surface area contributed by atoms with Gasteiger partial charge in [0.05, 0.1) is 22.6 Å². The lowest BCUT2D eigenvalue weighted by Gasteiger charge is -2.39. The molecule has 168 valence electrons. The molecule has 0 saturated carbocycles. The highest BCUT2D eigenvalue weighted by atomic mass is 32.2. The fraction of sp³-hybridized carbons (Fsp3) is 0.286. The lowest BCUT2D eigenvalue weighted by Crippen LogP contribution is -2.53. The molecule has 0 spiro atoms. The molecule has 0 aromatic heterocycles. The van der Waals surface area contributed by atoms with Crippen molar-refractivity contribution in [2.45, 2.75) is 32.9 Å². The number of aliphatic hydroxyl groups excluding tert-OH is 1. The summed E-state index contributed by atoms with van der Waals surface area (Å²) in [7, 11) is 0. The molecule has 1 aromatic carbocycles. The Morgan fingerprint density at radius 3 is 2.56 bits per heavy atom. The van der Waals surface area contributed by atoms with Gasteiger partial charge in [-0.2, -0.15) is 0 Å². The van der Waals surface area contributed by atoms with Crippen LogP contribution in [0.4, 0.5) is 5.69 Å². The predicted molar refractivity (Wildman–Crippen MR) is 116 cm³/mol. The smallest absolute Gasteiger partial charge is 0.356 e. The second-order valence-corrected chi connectivity index (χ2v) is 8.41. The van der Waals surface area contributed by atoms with Gasteiger partial charge in [-0.3, -0.25) is 24.6 Å². The summed E-state index contributed by atoms with van der Waals surface area (Å²) in [6, 6.07) is 5.17. The van der Waals surface area contributed by atoms with E-state index in [0.29, 0.717) is 33.1 Å². The summed E-state index contributed by atoms with van der Waals surface area (Å²) in [5, 5.41) is 23.0. The van der Waals surface area contributed by atoms with E-state index in [4.69, 9.17) is 4.74 Å². The van der Waals surface area contributed by atoms with Crippen LogP contribution in [-0.2, 0) is 25.7 Å². The molecule has 2 aliphatic heterocycles. The molecule has 2 N–H and O–H groups in total. The van der Waals surface area contributed by atoms with E-state index >= 15 is 0 Å². The standard InChI is InChI=1S/C21H21N3O7S/c1-11(9-25)18-16-8-17(32-13(3)22-12(2)26)19(23(16)20(18)27)21(28)31-10-14-4-6-15(7-5-14)24(29)30/h4-7,16,25H,3,8-10H2,1-2H3,(H,22,26)/b18-11+. The number of fused-ring (bicyclic) bond motifs is 1. The van der Waals surface area contributed by atoms with Crippen LogP contribution >= 0.6 is 11.8 Å². The number of thioether (sulfide) groups is 1. The van der Waals surface area contributed by atoms with Crippen LogP contribution in [0, 0.1) is 10.1 Å². The molecular formula is C21H21N3O7S. The number of aliphatic hydroxyl groups is 1. The van der Waals surface area contributed by atoms with Crippen molar-refractivity contribution in [3.05, 3.63) is 73.3 Å². The number of carbonyl (C=O) groups excluding carboxylic acids is 3. The van der Waals surface area contributed by atoms with Crippen molar-refractivity contribution in [2.75, 3.05) is 6.61 Å². The molecule has 11 heteroatoms. The van der Waals surface area contributed by atoms with Crippen LogP contribution in [0.1, 0.15) is 25.8 Å². The van der Waals surface area contributed by atoms with Crippen molar-refractivity contribution in [3.8, 4) is 0 Å². The lowest BCUT2D eigenvalue weighted by atomic mass is 9.90. The van der Waals surface area contributed by atoms with Gasteiger partial charge in [-0.15, -0.1) is 0 Å². The molecular weight excluding hydrogens is 438 g/mol. The zero-order chi connectivity index (χ0) is 23.6. The van der Waals surface area contributed by atoms with Gasteiger partial charge in [0.15, 0.2) is 0 Å². The summed E-state index contributed by atoms with van der Waals surface area (Å²) < 4.78 is 5.37. The third-order valence-corrected chi connectivity index (χ3v) is 5.90. The van der Waals surface area contributed by atoms with Gasteiger partial charge in [-0.25, -0.2) is 4.79 Å². The number of ether oxygens (including phenoxy) is 1. The van der Waals surface area contributed by atoms with Crippen molar-refractivity contribution in [1.29, 1.82) is 0 Å². The average Bonchev–Trinajstić information content (AvgIpc) is 3.05. The Morgan fingerprint density at radius 1 is 1.34 bits per heavy atom. The Balaban J connectivity index is 1.81. The Morgan fingerprint density at radius 2 is 2.00 bits per heavy atom. The van der Waals surface area contributed by atoms with Gasteiger partial charge in [0.25, 0.3) is 11.6 Å². The number of rotatable bonds is 8. The van der Waals surface area contributed by atoms with E-state index in [1.165, 1.54) is 36.1 Å². The van der Waals surface area contributed by atoms with E-state index in [2.05, 4.69) is 11.9 Å². The SMILES string of the molecule is C=C(NC(C)=O)SC1=C(C(=O)OCc2ccc([N+](=O)[O-])cc2)N2C(=O)/C(=C(\C)CO)C2C1. The third kappa shape index (κ3) is 4.58. The number of hydrogen-bond acceptors (Lipinski definition) is 8. The first kappa shape index (κ1) is 23.2. The zero-order valence-corrected chi connectivity index (χ0v) is 18.2. The van der Waals surface area contributed by atoms with Gasteiger partial charge >= 0.3 is 5.97 Å². The van der Waals surface area contributed by atoms with Crippen LogP contribution < -0.4 is 5.32 Å². The van der Waals surface area contributed by atoms with Gasteiger partial charge in [0, 0.05) is 36.0 Å². The van der Waals surface area contributed by atoms with E-state index in [0.717, 1.165) is 11.8 Å². The number of nitrogens with one attached hydrogen (secondary N) is 1. The maximum Gasteiger partial charge on any atom is 0.356 e. The molecule has 1 fully saturated rings. The Labute approximate surface area is 187 Å². The molecule has 2 heterocycles. The van der Waals surface area contributed by atoms with Crippen molar-refractivity contribution in [3.63, 3.8) is 0 Å². The number of carbonyl (C=O) groups is 3. The number of nitrogens with zero attached hydrogens (tertiary/aromatic N) is 2. The van der Waals surface area contributed by atoms with E-state index in [9.17, 15) is 29.6 Å². The summed E-state index contributed by atoms with van der Waals surface area (Å²) in [5.41, 5.74) is 1.51. The van der Waals surface area contributed by atoms with Crippen LogP contribution in [0.25, 0.3) is 0 Å². The number of benzene rings is 1. The van der Waals surface area contributed by atoms with E-state index in [1.54, 1.807) is 6.92 Å². The first-order valence-electron chi connectivity index (χ1n) is 9.56. The Kier molecular flexibility index (Phi) is 6.80. The molecule has 1 saturated heterocycles. The molecule has 1 aromatic rings. The van der Waals surface area contributed by atoms with Crippen LogP contribution in [0.15, 0.2) is 57.6 Å². The molecule has 2 amide bonds. The number of non-ortho nitro benzene ring substituents is 1. The van der Waals surface area contributed by atoms with Crippen molar-refractivity contribution in [2.24, 2.45) is 0 Å². The Hall–Kier alpha value is -3.44. The number of amides is 2. The van der Waals surface area contributed by atoms with E-state index in [-0.39, 0.29) is 36.4 Å².